The van der Waals surface area contributed by atoms with Crippen LogP contribution in [0.4, 0.5) is 0 Å². The summed E-state index contributed by atoms with van der Waals surface area (Å²) in [5, 5.41) is 9.26. The normalized spacial score (nSPS) is 10.9. The molecule has 2 heterocycles. The molecular formula is C15H13N3O3. The molecule has 0 fully saturated rings. The first kappa shape index (κ1) is 13.1. The highest BCUT2D eigenvalue weighted by Gasteiger charge is 2.15. The molecule has 0 atom stereocenters. The monoisotopic (exact) mass is 283 g/mol. The van der Waals surface area contributed by atoms with Gasteiger partial charge in [0.25, 0.3) is 0 Å². The fourth-order valence-corrected chi connectivity index (χ4v) is 2.38. The van der Waals surface area contributed by atoms with Gasteiger partial charge in [-0.15, -0.1) is 0 Å². The van der Waals surface area contributed by atoms with E-state index in [4.69, 9.17) is 0 Å². The van der Waals surface area contributed by atoms with Gasteiger partial charge in [-0.25, -0.2) is 9.59 Å². The summed E-state index contributed by atoms with van der Waals surface area (Å²) in [4.78, 5) is 30.2. The molecule has 21 heavy (non-hydrogen) atoms. The summed E-state index contributed by atoms with van der Waals surface area (Å²) in [6, 6.07) is 10.4. The molecule has 2 aromatic heterocycles. The number of carboxylic acid groups (broad SMARTS) is 1. The lowest BCUT2D eigenvalue weighted by Crippen LogP contribution is -2.19. The van der Waals surface area contributed by atoms with Crippen molar-refractivity contribution in [2.45, 2.75) is 13.0 Å². The molecular weight excluding hydrogens is 270 g/mol. The number of aromatic nitrogens is 3. The number of nitrogens with zero attached hydrogens (tertiary/aromatic N) is 2. The van der Waals surface area contributed by atoms with Gasteiger partial charge < -0.3 is 10.1 Å². The Bertz CT molecular complexity index is 849. The van der Waals surface area contributed by atoms with E-state index in [9.17, 15) is 14.7 Å². The van der Waals surface area contributed by atoms with Gasteiger partial charge in [0.2, 0.25) is 0 Å². The molecule has 0 radical (unpaired) electrons. The minimum Gasteiger partial charge on any atom is -0.478 e. The van der Waals surface area contributed by atoms with Gasteiger partial charge in [0.1, 0.15) is 0 Å². The number of fused-ring (bicyclic) bond motifs is 1. The Labute approximate surface area is 119 Å². The molecule has 0 saturated heterocycles. The molecule has 6 nitrogen and oxygen atoms in total. The predicted molar refractivity (Wildman–Crippen MR) is 77.5 cm³/mol. The summed E-state index contributed by atoms with van der Waals surface area (Å²) in [7, 11) is 0. The largest absolute Gasteiger partial charge is 0.478 e. The Morgan fingerprint density at radius 1 is 1.24 bits per heavy atom. The van der Waals surface area contributed by atoms with Gasteiger partial charge >= 0.3 is 11.7 Å². The van der Waals surface area contributed by atoms with Crippen molar-refractivity contribution in [3.05, 3.63) is 64.3 Å². The number of hydrogen-bond donors (Lipinski definition) is 2. The molecule has 0 spiro atoms. The van der Waals surface area contributed by atoms with E-state index < -0.39 is 5.97 Å². The van der Waals surface area contributed by atoms with Gasteiger partial charge in [0.15, 0.2) is 0 Å². The standard InChI is InChI=1S/C15H13N3O3/c19-14(20)11-5-3-6-12-13(11)18(15(21)17-12)9-7-10-4-1-2-8-16-10/h1-6,8H,7,9H2,(H,17,21)(H,19,20). The van der Waals surface area contributed by atoms with Crippen LogP contribution in [0.3, 0.4) is 0 Å². The highest BCUT2D eigenvalue weighted by molar-refractivity contribution is 6.01. The number of nitrogens with one attached hydrogen (secondary N) is 1. The molecule has 0 amide bonds. The van der Waals surface area contributed by atoms with E-state index >= 15 is 0 Å². The topological polar surface area (TPSA) is 88.0 Å². The van der Waals surface area contributed by atoms with Crippen molar-refractivity contribution < 1.29 is 9.90 Å². The molecule has 6 heteroatoms. The van der Waals surface area contributed by atoms with Crippen LogP contribution in [0, 0.1) is 0 Å². The van der Waals surface area contributed by atoms with E-state index in [-0.39, 0.29) is 11.3 Å². The maximum absolute atomic E-state index is 12.0. The summed E-state index contributed by atoms with van der Waals surface area (Å²) in [6.45, 7) is 0.375. The average Bonchev–Trinajstić information content (AvgIpc) is 2.81. The van der Waals surface area contributed by atoms with Crippen LogP contribution in [-0.2, 0) is 13.0 Å². The van der Waals surface area contributed by atoms with Gasteiger partial charge in [-0.05, 0) is 24.3 Å². The van der Waals surface area contributed by atoms with E-state index in [1.807, 2.05) is 18.2 Å². The van der Waals surface area contributed by atoms with Crippen molar-refractivity contribution in [3.63, 3.8) is 0 Å². The maximum Gasteiger partial charge on any atom is 0.337 e. The van der Waals surface area contributed by atoms with Gasteiger partial charge in [-0.1, -0.05) is 12.1 Å². The minimum absolute atomic E-state index is 0.117. The number of carboxylic acids is 1. The smallest absolute Gasteiger partial charge is 0.337 e. The Kier molecular flexibility index (Phi) is 3.27. The van der Waals surface area contributed by atoms with Crippen molar-refractivity contribution in [2.24, 2.45) is 0 Å². The number of pyridine rings is 1. The average molecular weight is 283 g/mol. The van der Waals surface area contributed by atoms with Crippen LogP contribution in [0.25, 0.3) is 11.0 Å². The molecule has 1 aromatic carbocycles. The Balaban J connectivity index is 2.04. The Morgan fingerprint density at radius 3 is 2.81 bits per heavy atom. The van der Waals surface area contributed by atoms with Crippen molar-refractivity contribution in [1.82, 2.24) is 14.5 Å². The second kappa shape index (κ2) is 5.24. The SMILES string of the molecule is O=C(O)c1cccc2[nH]c(=O)n(CCc3ccccn3)c12. The van der Waals surface area contributed by atoms with Crippen LogP contribution >= 0.6 is 0 Å². The molecule has 0 unspecified atom stereocenters. The zero-order chi connectivity index (χ0) is 14.8. The number of para-hydroxylation sites is 1. The lowest BCUT2D eigenvalue weighted by Gasteiger charge is -2.05. The first-order chi connectivity index (χ1) is 10.2. The van der Waals surface area contributed by atoms with Crippen molar-refractivity contribution in [3.8, 4) is 0 Å². The first-order valence-corrected chi connectivity index (χ1v) is 6.51. The number of H-pyrrole nitrogens is 1. The third-order valence-electron chi connectivity index (χ3n) is 3.34. The van der Waals surface area contributed by atoms with Crippen LogP contribution in [0.15, 0.2) is 47.4 Å². The third-order valence-corrected chi connectivity index (χ3v) is 3.34. The van der Waals surface area contributed by atoms with E-state index in [0.717, 1.165) is 5.69 Å². The summed E-state index contributed by atoms with van der Waals surface area (Å²) in [5.41, 5.74) is 1.61. The number of hydrogen-bond acceptors (Lipinski definition) is 3. The fraction of sp³-hybridized carbons (Fsp3) is 0.133. The van der Waals surface area contributed by atoms with Crippen LogP contribution in [0.5, 0.6) is 0 Å². The minimum atomic E-state index is -1.05. The van der Waals surface area contributed by atoms with E-state index in [1.54, 1.807) is 18.3 Å². The van der Waals surface area contributed by atoms with Gasteiger partial charge in [0, 0.05) is 24.9 Å². The lowest BCUT2D eigenvalue weighted by molar-refractivity contribution is 0.0698. The molecule has 0 saturated carbocycles. The Hall–Kier alpha value is -2.89. The Morgan fingerprint density at radius 2 is 2.10 bits per heavy atom. The van der Waals surface area contributed by atoms with Crippen molar-refractivity contribution in [1.29, 1.82) is 0 Å². The van der Waals surface area contributed by atoms with Gasteiger partial charge in [-0.3, -0.25) is 9.55 Å². The molecule has 0 bridgehead atoms. The van der Waals surface area contributed by atoms with Gasteiger partial charge in [0.05, 0.1) is 16.6 Å². The van der Waals surface area contributed by atoms with Crippen LogP contribution < -0.4 is 5.69 Å². The van der Waals surface area contributed by atoms with Gasteiger partial charge in [-0.2, -0.15) is 0 Å². The molecule has 106 valence electrons. The lowest BCUT2D eigenvalue weighted by atomic mass is 10.2. The number of carbonyl (C=O) groups is 1. The second-order valence-electron chi connectivity index (χ2n) is 4.66. The van der Waals surface area contributed by atoms with E-state index in [1.165, 1.54) is 10.6 Å². The summed E-state index contributed by atoms with van der Waals surface area (Å²) >= 11 is 0. The molecule has 3 aromatic rings. The molecule has 0 aliphatic carbocycles. The number of aromatic amines is 1. The number of aromatic carboxylic acids is 1. The number of imidazole rings is 1. The highest BCUT2D eigenvalue weighted by Crippen LogP contribution is 2.16. The third kappa shape index (κ3) is 2.43. The zero-order valence-corrected chi connectivity index (χ0v) is 11.1. The quantitative estimate of drug-likeness (QED) is 0.762. The second-order valence-corrected chi connectivity index (χ2v) is 4.66. The molecule has 0 aliphatic heterocycles. The molecule has 0 aliphatic rings. The predicted octanol–water partition coefficient (Wildman–Crippen LogP) is 1.67. The zero-order valence-electron chi connectivity index (χ0n) is 11.1. The summed E-state index contributed by atoms with van der Waals surface area (Å²) in [6.07, 6.45) is 2.25. The van der Waals surface area contributed by atoms with E-state index in [0.29, 0.717) is 24.0 Å². The van der Waals surface area contributed by atoms with Crippen LogP contribution in [0.1, 0.15) is 16.1 Å². The molecule has 3 rings (SSSR count). The number of benzene rings is 1. The highest BCUT2D eigenvalue weighted by atomic mass is 16.4. The van der Waals surface area contributed by atoms with E-state index in [2.05, 4.69) is 9.97 Å². The van der Waals surface area contributed by atoms with Crippen LogP contribution in [0.2, 0.25) is 0 Å². The van der Waals surface area contributed by atoms with Crippen LogP contribution in [-0.4, -0.2) is 25.6 Å². The van der Waals surface area contributed by atoms with Crippen molar-refractivity contribution >= 4 is 17.0 Å². The fourth-order valence-electron chi connectivity index (χ4n) is 2.38. The number of rotatable bonds is 4. The van der Waals surface area contributed by atoms with Crippen molar-refractivity contribution in [2.75, 3.05) is 0 Å². The first-order valence-electron chi connectivity index (χ1n) is 6.51. The summed E-state index contributed by atoms with van der Waals surface area (Å²) in [5.74, 6) is -1.05. The summed E-state index contributed by atoms with van der Waals surface area (Å²) < 4.78 is 1.45. The maximum atomic E-state index is 12.0. The molecule has 2 N–H and O–H groups in total. The number of aryl methyl sites for hydroxylation is 2.